The zero-order valence-electron chi connectivity index (χ0n) is 17.8. The predicted octanol–water partition coefficient (Wildman–Crippen LogP) is 5.69. The Labute approximate surface area is 193 Å². The van der Waals surface area contributed by atoms with Crippen molar-refractivity contribution in [2.75, 3.05) is 23.3 Å². The Morgan fingerprint density at radius 2 is 1.66 bits per heavy atom. The van der Waals surface area contributed by atoms with E-state index in [0.717, 1.165) is 36.9 Å². The van der Waals surface area contributed by atoms with Crippen molar-refractivity contribution in [3.8, 4) is 0 Å². The van der Waals surface area contributed by atoms with Crippen LogP contribution in [-0.4, -0.2) is 25.0 Å². The molecule has 164 valence electrons. The number of para-hydroxylation sites is 1. The minimum atomic E-state index is -0.153. The normalized spacial score (nSPS) is 13.1. The predicted molar refractivity (Wildman–Crippen MR) is 130 cm³/mol. The summed E-state index contributed by atoms with van der Waals surface area (Å²) < 4.78 is 0. The SMILES string of the molecule is O=C(NCCc1ccc(Cl)cc1)c1ccc(NC(=O)N2CCCCc3ccccc32)cc1. The Kier molecular flexibility index (Phi) is 7.07. The van der Waals surface area contributed by atoms with E-state index in [4.69, 9.17) is 11.6 Å². The van der Waals surface area contributed by atoms with E-state index >= 15 is 0 Å². The maximum absolute atomic E-state index is 12.9. The summed E-state index contributed by atoms with van der Waals surface area (Å²) in [5, 5.41) is 6.58. The summed E-state index contributed by atoms with van der Waals surface area (Å²) in [7, 11) is 0. The number of carbonyl (C=O) groups excluding carboxylic acids is 2. The third kappa shape index (κ3) is 5.48. The van der Waals surface area contributed by atoms with Gasteiger partial charge in [-0.15, -0.1) is 0 Å². The second-order valence-corrected chi connectivity index (χ2v) is 8.31. The minimum Gasteiger partial charge on any atom is -0.352 e. The van der Waals surface area contributed by atoms with Crippen LogP contribution in [0.4, 0.5) is 16.2 Å². The van der Waals surface area contributed by atoms with Crippen LogP contribution in [0.2, 0.25) is 5.02 Å². The van der Waals surface area contributed by atoms with E-state index < -0.39 is 0 Å². The number of carbonyl (C=O) groups is 2. The van der Waals surface area contributed by atoms with Crippen LogP contribution in [0.1, 0.15) is 34.3 Å². The molecule has 0 radical (unpaired) electrons. The molecule has 3 aromatic carbocycles. The van der Waals surface area contributed by atoms with Crippen molar-refractivity contribution in [3.05, 3.63) is 94.5 Å². The van der Waals surface area contributed by atoms with E-state index in [9.17, 15) is 9.59 Å². The smallest absolute Gasteiger partial charge is 0.326 e. The number of rotatable bonds is 5. The van der Waals surface area contributed by atoms with Crippen molar-refractivity contribution >= 4 is 34.9 Å². The molecule has 0 spiro atoms. The van der Waals surface area contributed by atoms with Crippen LogP contribution >= 0.6 is 11.6 Å². The molecular formula is C26H26ClN3O2. The number of hydrogen-bond acceptors (Lipinski definition) is 2. The molecule has 6 heteroatoms. The van der Waals surface area contributed by atoms with Crippen LogP contribution in [0.5, 0.6) is 0 Å². The lowest BCUT2D eigenvalue weighted by atomic mass is 10.1. The first-order chi connectivity index (χ1) is 15.6. The second-order valence-electron chi connectivity index (χ2n) is 7.88. The molecule has 1 heterocycles. The number of hydrogen-bond donors (Lipinski definition) is 2. The average molecular weight is 448 g/mol. The number of halogens is 1. The maximum Gasteiger partial charge on any atom is 0.326 e. The van der Waals surface area contributed by atoms with Crippen LogP contribution in [0.25, 0.3) is 0 Å². The Hall–Kier alpha value is -3.31. The van der Waals surface area contributed by atoms with Crippen LogP contribution < -0.4 is 15.5 Å². The van der Waals surface area contributed by atoms with Crippen LogP contribution in [0, 0.1) is 0 Å². The molecule has 0 unspecified atom stereocenters. The number of aryl methyl sites for hydroxylation is 1. The summed E-state index contributed by atoms with van der Waals surface area (Å²) in [4.78, 5) is 27.1. The zero-order valence-corrected chi connectivity index (χ0v) is 18.6. The number of nitrogens with one attached hydrogen (secondary N) is 2. The first-order valence-corrected chi connectivity index (χ1v) is 11.3. The molecule has 4 rings (SSSR count). The molecule has 1 aliphatic heterocycles. The standard InChI is InChI=1S/C26H26ClN3O2/c27-22-12-8-19(9-13-22)16-17-28-25(31)21-10-14-23(15-11-21)29-26(32)30-18-4-3-6-20-5-1-2-7-24(20)30/h1-2,5,7-15H,3-4,6,16-18H2,(H,28,31)(H,29,32). The largest absolute Gasteiger partial charge is 0.352 e. The Morgan fingerprint density at radius 3 is 2.44 bits per heavy atom. The van der Waals surface area contributed by atoms with E-state index in [-0.39, 0.29) is 11.9 Å². The molecule has 0 aliphatic carbocycles. The number of urea groups is 1. The van der Waals surface area contributed by atoms with Crippen molar-refractivity contribution in [2.45, 2.75) is 25.7 Å². The summed E-state index contributed by atoms with van der Waals surface area (Å²) in [6.07, 6.45) is 3.76. The van der Waals surface area contributed by atoms with Crippen LogP contribution in [0.3, 0.4) is 0 Å². The lowest BCUT2D eigenvalue weighted by molar-refractivity contribution is 0.0954. The average Bonchev–Trinajstić information content (AvgIpc) is 3.03. The van der Waals surface area contributed by atoms with Gasteiger partial charge in [-0.1, -0.05) is 41.9 Å². The zero-order chi connectivity index (χ0) is 22.3. The molecular weight excluding hydrogens is 422 g/mol. The fourth-order valence-corrected chi connectivity index (χ4v) is 4.00. The van der Waals surface area contributed by atoms with E-state index in [1.807, 2.05) is 42.5 Å². The van der Waals surface area contributed by atoms with Crippen LogP contribution in [-0.2, 0) is 12.8 Å². The highest BCUT2D eigenvalue weighted by Crippen LogP contribution is 2.26. The van der Waals surface area contributed by atoms with Crippen molar-refractivity contribution in [3.63, 3.8) is 0 Å². The van der Waals surface area contributed by atoms with Crippen molar-refractivity contribution in [1.82, 2.24) is 5.32 Å². The fourth-order valence-electron chi connectivity index (χ4n) is 3.87. The van der Waals surface area contributed by atoms with Crippen molar-refractivity contribution in [2.24, 2.45) is 0 Å². The van der Waals surface area contributed by atoms with E-state index in [1.165, 1.54) is 5.56 Å². The molecule has 3 aromatic rings. The van der Waals surface area contributed by atoms with Gasteiger partial charge in [-0.3, -0.25) is 9.69 Å². The van der Waals surface area contributed by atoms with Gasteiger partial charge >= 0.3 is 6.03 Å². The Balaban J connectivity index is 1.33. The lowest BCUT2D eigenvalue weighted by Gasteiger charge is -2.23. The third-order valence-corrected chi connectivity index (χ3v) is 5.87. The van der Waals surface area contributed by atoms with Gasteiger partial charge in [0.25, 0.3) is 5.91 Å². The molecule has 1 aliphatic rings. The van der Waals surface area contributed by atoms with Crippen molar-refractivity contribution < 1.29 is 9.59 Å². The van der Waals surface area contributed by atoms with Gasteiger partial charge in [-0.25, -0.2) is 4.79 Å². The Morgan fingerprint density at radius 1 is 0.906 bits per heavy atom. The van der Waals surface area contributed by atoms with Gasteiger partial charge in [0, 0.05) is 35.1 Å². The molecule has 0 atom stereocenters. The summed E-state index contributed by atoms with van der Waals surface area (Å²) in [5.41, 5.74) is 4.50. The van der Waals surface area contributed by atoms with Crippen LogP contribution in [0.15, 0.2) is 72.8 Å². The molecule has 0 saturated heterocycles. The lowest BCUT2D eigenvalue weighted by Crippen LogP contribution is -2.35. The highest BCUT2D eigenvalue weighted by molar-refractivity contribution is 6.30. The molecule has 3 amide bonds. The first kappa shape index (κ1) is 21.9. The summed E-state index contributed by atoms with van der Waals surface area (Å²) >= 11 is 5.90. The number of amides is 3. The van der Waals surface area contributed by atoms with E-state index in [2.05, 4.69) is 16.7 Å². The maximum atomic E-state index is 12.9. The van der Waals surface area contributed by atoms with Gasteiger partial charge in [0.05, 0.1) is 0 Å². The Bertz CT molecular complexity index is 1080. The third-order valence-electron chi connectivity index (χ3n) is 5.62. The van der Waals surface area contributed by atoms with Gasteiger partial charge in [0.1, 0.15) is 0 Å². The molecule has 2 N–H and O–H groups in total. The summed E-state index contributed by atoms with van der Waals surface area (Å²) in [6.45, 7) is 1.23. The number of fused-ring (bicyclic) bond motifs is 1. The number of nitrogens with zero attached hydrogens (tertiary/aromatic N) is 1. The highest BCUT2D eigenvalue weighted by Gasteiger charge is 2.21. The number of benzene rings is 3. The van der Waals surface area contributed by atoms with Gasteiger partial charge in [-0.05, 0) is 79.3 Å². The summed E-state index contributed by atoms with van der Waals surface area (Å²) in [5.74, 6) is -0.140. The topological polar surface area (TPSA) is 61.4 Å². The molecule has 5 nitrogen and oxygen atoms in total. The van der Waals surface area contributed by atoms with Gasteiger partial charge in [0.2, 0.25) is 0 Å². The molecule has 32 heavy (non-hydrogen) atoms. The number of anilines is 2. The quantitative estimate of drug-likeness (QED) is 0.528. The van der Waals surface area contributed by atoms with Gasteiger partial charge < -0.3 is 10.6 Å². The van der Waals surface area contributed by atoms with E-state index in [0.29, 0.717) is 29.4 Å². The van der Waals surface area contributed by atoms with Crippen molar-refractivity contribution in [1.29, 1.82) is 0 Å². The first-order valence-electron chi connectivity index (χ1n) is 10.9. The monoisotopic (exact) mass is 447 g/mol. The fraction of sp³-hybridized carbons (Fsp3) is 0.231. The molecule has 0 saturated carbocycles. The van der Waals surface area contributed by atoms with Gasteiger partial charge in [0.15, 0.2) is 0 Å². The molecule has 0 fully saturated rings. The van der Waals surface area contributed by atoms with E-state index in [1.54, 1.807) is 29.2 Å². The molecule has 0 aromatic heterocycles. The molecule has 0 bridgehead atoms. The van der Waals surface area contributed by atoms with Gasteiger partial charge in [-0.2, -0.15) is 0 Å². The highest BCUT2D eigenvalue weighted by atomic mass is 35.5. The minimum absolute atomic E-state index is 0.140. The second kappa shape index (κ2) is 10.3. The summed E-state index contributed by atoms with van der Waals surface area (Å²) in [6, 6.07) is 22.5.